The Kier molecular flexibility index (Phi) is 6.59. The van der Waals surface area contributed by atoms with Crippen molar-refractivity contribution in [1.29, 1.82) is 0 Å². The molecule has 0 saturated carbocycles. The summed E-state index contributed by atoms with van der Waals surface area (Å²) in [6.07, 6.45) is 0. The van der Waals surface area contributed by atoms with E-state index < -0.39 is 27.9 Å². The number of rotatable bonds is 5. The van der Waals surface area contributed by atoms with Gasteiger partial charge in [0, 0.05) is 10.6 Å². The van der Waals surface area contributed by atoms with Gasteiger partial charge in [-0.25, -0.2) is 8.42 Å². The van der Waals surface area contributed by atoms with Crippen LogP contribution in [0.4, 0.5) is 0 Å². The Morgan fingerprint density at radius 3 is 2.37 bits per heavy atom. The fraction of sp³-hybridized carbons (Fsp3) is 0.222. The van der Waals surface area contributed by atoms with Crippen molar-refractivity contribution in [3.05, 3.63) is 64.2 Å². The van der Waals surface area contributed by atoms with Crippen molar-refractivity contribution in [2.24, 2.45) is 0 Å². The van der Waals surface area contributed by atoms with E-state index in [4.69, 9.17) is 11.6 Å². The van der Waals surface area contributed by atoms with Crippen molar-refractivity contribution < 1.29 is 18.0 Å². The lowest BCUT2D eigenvalue weighted by Gasteiger charge is -2.15. The van der Waals surface area contributed by atoms with E-state index in [2.05, 4.69) is 15.6 Å². The van der Waals surface area contributed by atoms with Gasteiger partial charge in [0.25, 0.3) is 11.8 Å². The quantitative estimate of drug-likeness (QED) is 0.657. The van der Waals surface area contributed by atoms with Crippen LogP contribution in [-0.4, -0.2) is 26.3 Å². The molecule has 2 aromatic rings. The number of hydrogen-bond donors (Lipinski definition) is 3. The van der Waals surface area contributed by atoms with Crippen molar-refractivity contribution in [3.63, 3.8) is 0 Å². The first-order chi connectivity index (χ1) is 12.6. The molecule has 27 heavy (non-hydrogen) atoms. The summed E-state index contributed by atoms with van der Waals surface area (Å²) in [6, 6.07) is 9.83. The van der Waals surface area contributed by atoms with Gasteiger partial charge in [-0.3, -0.25) is 20.4 Å². The minimum atomic E-state index is -3.94. The first-order valence-electron chi connectivity index (χ1n) is 8.05. The summed E-state index contributed by atoms with van der Waals surface area (Å²) in [5, 5.41) is 0.260. The van der Waals surface area contributed by atoms with Crippen LogP contribution in [0.3, 0.4) is 0 Å². The maximum absolute atomic E-state index is 12.3. The molecule has 0 radical (unpaired) electrons. The summed E-state index contributed by atoms with van der Waals surface area (Å²) in [7, 11) is -3.94. The topological polar surface area (TPSA) is 104 Å². The third-order valence-electron chi connectivity index (χ3n) is 3.76. The highest BCUT2D eigenvalue weighted by Gasteiger charge is 2.22. The van der Waals surface area contributed by atoms with E-state index in [-0.39, 0.29) is 9.92 Å². The van der Waals surface area contributed by atoms with Gasteiger partial charge in [-0.1, -0.05) is 35.4 Å². The maximum atomic E-state index is 12.3. The highest BCUT2D eigenvalue weighted by Crippen LogP contribution is 2.15. The predicted molar refractivity (Wildman–Crippen MR) is 103 cm³/mol. The van der Waals surface area contributed by atoms with Crippen molar-refractivity contribution in [3.8, 4) is 0 Å². The van der Waals surface area contributed by atoms with Crippen LogP contribution in [0.25, 0.3) is 0 Å². The van der Waals surface area contributed by atoms with Gasteiger partial charge in [-0.2, -0.15) is 4.72 Å². The number of benzene rings is 2. The molecule has 0 spiro atoms. The average molecular weight is 410 g/mol. The molecule has 9 heteroatoms. The summed E-state index contributed by atoms with van der Waals surface area (Å²) < 4.78 is 26.8. The van der Waals surface area contributed by atoms with E-state index in [0.717, 1.165) is 11.1 Å². The number of sulfonamides is 1. The maximum Gasteiger partial charge on any atom is 0.269 e. The van der Waals surface area contributed by atoms with Crippen LogP contribution in [0.5, 0.6) is 0 Å². The summed E-state index contributed by atoms with van der Waals surface area (Å²) in [5.41, 5.74) is 6.68. The second-order valence-electron chi connectivity index (χ2n) is 6.06. The Morgan fingerprint density at radius 1 is 1.04 bits per heavy atom. The molecule has 7 nitrogen and oxygen atoms in total. The number of carbonyl (C=O) groups excluding carboxylic acids is 2. The molecule has 0 aliphatic heterocycles. The number of carbonyl (C=O) groups is 2. The average Bonchev–Trinajstić information content (AvgIpc) is 2.59. The largest absolute Gasteiger partial charge is 0.271 e. The monoisotopic (exact) mass is 409 g/mol. The Labute approximate surface area is 163 Å². The van der Waals surface area contributed by atoms with Crippen LogP contribution in [-0.2, 0) is 14.8 Å². The number of aryl methyl sites for hydroxylation is 2. The summed E-state index contributed by atoms with van der Waals surface area (Å²) in [4.78, 5) is 24.2. The molecule has 0 saturated heterocycles. The summed E-state index contributed by atoms with van der Waals surface area (Å²) in [5.74, 6) is -1.20. The fourth-order valence-corrected chi connectivity index (χ4v) is 3.85. The SMILES string of the molecule is Cc1ccc(C(=O)NNC(=O)[C@H](C)NS(=O)(=O)c2cccc(Cl)c2)c(C)c1. The number of amides is 2. The lowest BCUT2D eigenvalue weighted by molar-refractivity contribution is -0.123. The van der Waals surface area contributed by atoms with Gasteiger partial charge in [0.05, 0.1) is 10.9 Å². The summed E-state index contributed by atoms with van der Waals surface area (Å²) >= 11 is 5.80. The van der Waals surface area contributed by atoms with E-state index in [1.165, 1.54) is 25.1 Å². The molecular formula is C18H20ClN3O4S. The molecule has 3 N–H and O–H groups in total. The van der Waals surface area contributed by atoms with Gasteiger partial charge in [-0.05, 0) is 50.6 Å². The van der Waals surface area contributed by atoms with Crippen molar-refractivity contribution >= 4 is 33.4 Å². The van der Waals surface area contributed by atoms with Gasteiger partial charge in [0.15, 0.2) is 0 Å². The van der Waals surface area contributed by atoms with Crippen LogP contribution in [0.1, 0.15) is 28.4 Å². The third kappa shape index (κ3) is 5.53. The first-order valence-corrected chi connectivity index (χ1v) is 9.91. The summed E-state index contributed by atoms with van der Waals surface area (Å²) in [6.45, 7) is 5.05. The van der Waals surface area contributed by atoms with E-state index in [1.54, 1.807) is 25.1 Å². The second kappa shape index (κ2) is 8.51. The molecule has 2 aromatic carbocycles. The predicted octanol–water partition coefficient (Wildman–Crippen LogP) is 2.08. The van der Waals surface area contributed by atoms with Crippen molar-refractivity contribution in [2.75, 3.05) is 0 Å². The Hall–Kier alpha value is -2.42. The normalized spacial score (nSPS) is 12.3. The molecule has 144 valence electrons. The van der Waals surface area contributed by atoms with Crippen LogP contribution in [0.15, 0.2) is 47.4 Å². The van der Waals surface area contributed by atoms with E-state index in [9.17, 15) is 18.0 Å². The van der Waals surface area contributed by atoms with Crippen molar-refractivity contribution in [2.45, 2.75) is 31.7 Å². The molecule has 0 bridgehead atoms. The first kappa shape index (κ1) is 20.9. The van der Waals surface area contributed by atoms with Crippen LogP contribution in [0, 0.1) is 13.8 Å². The van der Waals surface area contributed by atoms with E-state index in [0.29, 0.717) is 5.56 Å². The van der Waals surface area contributed by atoms with Gasteiger partial charge < -0.3 is 0 Å². The molecule has 0 aromatic heterocycles. The van der Waals surface area contributed by atoms with Gasteiger partial charge in [0.2, 0.25) is 10.0 Å². The minimum Gasteiger partial charge on any atom is -0.271 e. The zero-order valence-electron chi connectivity index (χ0n) is 15.0. The van der Waals surface area contributed by atoms with E-state index >= 15 is 0 Å². The Balaban J connectivity index is 1.98. The van der Waals surface area contributed by atoms with Gasteiger partial charge in [-0.15, -0.1) is 0 Å². The van der Waals surface area contributed by atoms with Gasteiger partial charge >= 0.3 is 0 Å². The van der Waals surface area contributed by atoms with Crippen LogP contribution < -0.4 is 15.6 Å². The lowest BCUT2D eigenvalue weighted by Crippen LogP contribution is -2.51. The standard InChI is InChI=1S/C18H20ClN3O4S/c1-11-7-8-16(12(2)9-11)18(24)21-20-17(23)13(3)22-27(25,26)15-6-4-5-14(19)10-15/h4-10,13,22H,1-3H3,(H,20,23)(H,21,24)/t13-/m0/s1. The molecule has 0 heterocycles. The molecule has 0 unspecified atom stereocenters. The van der Waals surface area contributed by atoms with E-state index in [1.807, 2.05) is 13.0 Å². The fourth-order valence-electron chi connectivity index (χ4n) is 2.35. The van der Waals surface area contributed by atoms with Crippen LogP contribution in [0.2, 0.25) is 5.02 Å². The Morgan fingerprint density at radius 2 is 1.74 bits per heavy atom. The van der Waals surface area contributed by atoms with Crippen LogP contribution >= 0.6 is 11.6 Å². The smallest absolute Gasteiger partial charge is 0.269 e. The van der Waals surface area contributed by atoms with Crippen molar-refractivity contribution in [1.82, 2.24) is 15.6 Å². The highest BCUT2D eigenvalue weighted by molar-refractivity contribution is 7.89. The minimum absolute atomic E-state index is 0.0611. The number of hydrogen-bond acceptors (Lipinski definition) is 4. The highest BCUT2D eigenvalue weighted by atomic mass is 35.5. The molecule has 2 amide bonds. The second-order valence-corrected chi connectivity index (χ2v) is 8.21. The lowest BCUT2D eigenvalue weighted by atomic mass is 10.1. The van der Waals surface area contributed by atoms with Gasteiger partial charge in [0.1, 0.15) is 0 Å². The molecular weight excluding hydrogens is 390 g/mol. The molecule has 0 aliphatic rings. The molecule has 2 rings (SSSR count). The Bertz CT molecular complexity index is 976. The molecule has 0 aliphatic carbocycles. The molecule has 1 atom stereocenters. The zero-order chi connectivity index (χ0) is 20.2. The molecule has 0 fully saturated rings. The number of halogens is 1. The third-order valence-corrected chi connectivity index (χ3v) is 5.53. The zero-order valence-corrected chi connectivity index (χ0v) is 16.6. The number of hydrazine groups is 1. The number of nitrogens with one attached hydrogen (secondary N) is 3.